The summed E-state index contributed by atoms with van der Waals surface area (Å²) in [7, 11) is 0. The Kier molecular flexibility index (Phi) is 3.73. The van der Waals surface area contributed by atoms with Crippen LogP contribution in [0.4, 0.5) is 0 Å². The Labute approximate surface area is 106 Å². The monoisotopic (exact) mass is 233 g/mol. The van der Waals surface area contributed by atoms with Crippen molar-refractivity contribution in [2.24, 2.45) is 5.73 Å². The first-order valence-electron chi connectivity index (χ1n) is 6.46. The zero-order chi connectivity index (χ0) is 13.4. The Hall–Kier alpha value is -0.820. The molecule has 0 atom stereocenters. The predicted molar refractivity (Wildman–Crippen MR) is 76.4 cm³/mol. The molecular formula is C16H27N. The molecule has 0 saturated carbocycles. The minimum absolute atomic E-state index is 0.172. The summed E-state index contributed by atoms with van der Waals surface area (Å²) >= 11 is 0. The van der Waals surface area contributed by atoms with Gasteiger partial charge in [-0.2, -0.15) is 0 Å². The highest BCUT2D eigenvalue weighted by Crippen LogP contribution is 2.30. The minimum atomic E-state index is -0.273. The molecule has 0 aromatic heterocycles. The van der Waals surface area contributed by atoms with E-state index in [1.165, 1.54) is 16.7 Å². The number of benzene rings is 1. The minimum Gasteiger partial charge on any atom is -0.322 e. The van der Waals surface area contributed by atoms with E-state index < -0.39 is 0 Å². The largest absolute Gasteiger partial charge is 0.322 e. The summed E-state index contributed by atoms with van der Waals surface area (Å²) in [6.07, 6.45) is 0. The summed E-state index contributed by atoms with van der Waals surface area (Å²) in [6.45, 7) is 15.3. The fourth-order valence-corrected chi connectivity index (χ4v) is 1.79. The highest BCUT2D eigenvalue weighted by atomic mass is 14.7. The average molecular weight is 233 g/mol. The molecule has 96 valence electrons. The maximum absolute atomic E-state index is 6.24. The van der Waals surface area contributed by atoms with Crippen LogP contribution in [0.3, 0.4) is 0 Å². The second kappa shape index (κ2) is 4.45. The molecule has 0 aliphatic rings. The van der Waals surface area contributed by atoms with Crippen molar-refractivity contribution in [2.45, 2.75) is 65.3 Å². The molecule has 0 spiro atoms. The van der Waals surface area contributed by atoms with Crippen molar-refractivity contribution in [3.63, 3.8) is 0 Å². The molecule has 2 N–H and O–H groups in total. The third-order valence-electron chi connectivity index (χ3n) is 3.23. The van der Waals surface area contributed by atoms with E-state index in [-0.39, 0.29) is 11.0 Å². The molecule has 0 aliphatic heterocycles. The van der Waals surface area contributed by atoms with Gasteiger partial charge in [0.2, 0.25) is 0 Å². The number of nitrogens with two attached hydrogens (primary N) is 1. The van der Waals surface area contributed by atoms with E-state index in [4.69, 9.17) is 5.73 Å². The van der Waals surface area contributed by atoms with Crippen LogP contribution in [0, 0.1) is 0 Å². The van der Waals surface area contributed by atoms with E-state index in [2.05, 4.69) is 66.7 Å². The van der Waals surface area contributed by atoms with Crippen molar-refractivity contribution in [1.29, 1.82) is 0 Å². The molecule has 17 heavy (non-hydrogen) atoms. The third kappa shape index (κ3) is 3.57. The smallest absolute Gasteiger partial charge is 0.0352 e. The summed E-state index contributed by atoms with van der Waals surface area (Å²) in [5.74, 6) is 0.540. The summed E-state index contributed by atoms with van der Waals surface area (Å²) in [4.78, 5) is 0. The van der Waals surface area contributed by atoms with Crippen LogP contribution in [0.25, 0.3) is 0 Å². The number of rotatable bonds is 2. The molecule has 0 fully saturated rings. The lowest BCUT2D eigenvalue weighted by atomic mass is 9.81. The van der Waals surface area contributed by atoms with Crippen LogP contribution in [0.15, 0.2) is 18.2 Å². The summed E-state index contributed by atoms with van der Waals surface area (Å²) < 4.78 is 0. The lowest BCUT2D eigenvalue weighted by Crippen LogP contribution is -2.29. The first kappa shape index (κ1) is 14.2. The molecule has 0 unspecified atom stereocenters. The van der Waals surface area contributed by atoms with Gasteiger partial charge >= 0.3 is 0 Å². The van der Waals surface area contributed by atoms with E-state index in [0.717, 1.165) is 0 Å². The third-order valence-corrected chi connectivity index (χ3v) is 3.23. The van der Waals surface area contributed by atoms with Crippen molar-refractivity contribution in [2.75, 3.05) is 0 Å². The summed E-state index contributed by atoms with van der Waals surface area (Å²) in [5.41, 5.74) is 10.1. The molecule has 0 bridgehead atoms. The van der Waals surface area contributed by atoms with Crippen LogP contribution in [0.1, 0.15) is 71.1 Å². The molecule has 1 aromatic rings. The average Bonchev–Trinajstić information content (AvgIpc) is 2.14. The predicted octanol–water partition coefficient (Wildman–Crippen LogP) is 4.30. The van der Waals surface area contributed by atoms with Gasteiger partial charge in [-0.3, -0.25) is 0 Å². The fourth-order valence-electron chi connectivity index (χ4n) is 1.79. The molecular weight excluding hydrogens is 206 g/mol. The van der Waals surface area contributed by atoms with Gasteiger partial charge in [0.1, 0.15) is 0 Å². The van der Waals surface area contributed by atoms with Gasteiger partial charge in [0, 0.05) is 5.54 Å². The van der Waals surface area contributed by atoms with E-state index in [1.807, 2.05) is 0 Å². The molecule has 1 aromatic carbocycles. The molecule has 1 rings (SSSR count). The second-order valence-corrected chi connectivity index (χ2v) is 6.97. The van der Waals surface area contributed by atoms with E-state index in [0.29, 0.717) is 5.92 Å². The van der Waals surface area contributed by atoms with Crippen LogP contribution in [-0.2, 0) is 11.0 Å². The molecule has 0 heterocycles. The van der Waals surface area contributed by atoms with Gasteiger partial charge in [-0.15, -0.1) is 0 Å². The summed E-state index contributed by atoms with van der Waals surface area (Å²) in [6, 6.07) is 6.83. The fraction of sp³-hybridized carbons (Fsp3) is 0.625. The Bertz CT molecular complexity index is 357. The van der Waals surface area contributed by atoms with E-state index >= 15 is 0 Å². The van der Waals surface area contributed by atoms with Crippen molar-refractivity contribution < 1.29 is 0 Å². The van der Waals surface area contributed by atoms with Gasteiger partial charge in [-0.25, -0.2) is 0 Å². The van der Waals surface area contributed by atoms with Gasteiger partial charge in [-0.1, -0.05) is 52.8 Å². The molecule has 1 heteroatoms. The zero-order valence-corrected chi connectivity index (χ0v) is 12.4. The molecule has 0 aliphatic carbocycles. The van der Waals surface area contributed by atoms with Crippen LogP contribution in [0.5, 0.6) is 0 Å². The Morgan fingerprint density at radius 1 is 0.882 bits per heavy atom. The van der Waals surface area contributed by atoms with Gasteiger partial charge < -0.3 is 5.73 Å². The van der Waals surface area contributed by atoms with Crippen LogP contribution >= 0.6 is 0 Å². The Morgan fingerprint density at radius 3 is 1.71 bits per heavy atom. The standard InChI is InChI=1S/C16H27N/c1-11(2)12-8-13(15(3,4)5)10-14(9-12)16(6,7)17/h8-11H,17H2,1-7H3. The van der Waals surface area contributed by atoms with E-state index in [9.17, 15) is 0 Å². The SMILES string of the molecule is CC(C)c1cc(C(C)(C)C)cc(C(C)(C)N)c1. The van der Waals surface area contributed by atoms with Crippen molar-refractivity contribution in [3.8, 4) is 0 Å². The Morgan fingerprint density at radius 2 is 1.35 bits per heavy atom. The van der Waals surface area contributed by atoms with Crippen molar-refractivity contribution in [1.82, 2.24) is 0 Å². The van der Waals surface area contributed by atoms with Gasteiger partial charge in [-0.05, 0) is 41.9 Å². The molecule has 0 saturated heterocycles. The highest BCUT2D eigenvalue weighted by molar-refractivity contribution is 5.38. The number of hydrogen-bond donors (Lipinski definition) is 1. The van der Waals surface area contributed by atoms with Crippen LogP contribution in [0.2, 0.25) is 0 Å². The van der Waals surface area contributed by atoms with Crippen LogP contribution < -0.4 is 5.73 Å². The first-order chi connectivity index (χ1) is 7.51. The van der Waals surface area contributed by atoms with E-state index in [1.54, 1.807) is 0 Å². The van der Waals surface area contributed by atoms with Crippen molar-refractivity contribution >= 4 is 0 Å². The first-order valence-corrected chi connectivity index (χ1v) is 6.46. The number of hydrogen-bond acceptors (Lipinski definition) is 1. The van der Waals surface area contributed by atoms with Gasteiger partial charge in [0.15, 0.2) is 0 Å². The lowest BCUT2D eigenvalue weighted by molar-refractivity contribution is 0.543. The maximum atomic E-state index is 6.24. The molecule has 0 amide bonds. The summed E-state index contributed by atoms with van der Waals surface area (Å²) in [5, 5.41) is 0. The Balaban J connectivity index is 3.40. The topological polar surface area (TPSA) is 26.0 Å². The molecule has 1 nitrogen and oxygen atoms in total. The normalized spacial score (nSPS) is 13.2. The quantitative estimate of drug-likeness (QED) is 0.809. The zero-order valence-electron chi connectivity index (χ0n) is 12.4. The maximum Gasteiger partial charge on any atom is 0.0352 e. The molecule has 0 radical (unpaired) electrons. The lowest BCUT2D eigenvalue weighted by Gasteiger charge is -2.27. The highest BCUT2D eigenvalue weighted by Gasteiger charge is 2.21. The van der Waals surface area contributed by atoms with Crippen molar-refractivity contribution in [3.05, 3.63) is 34.9 Å². The van der Waals surface area contributed by atoms with Crippen LogP contribution in [-0.4, -0.2) is 0 Å². The van der Waals surface area contributed by atoms with Gasteiger partial charge in [0.05, 0.1) is 0 Å². The van der Waals surface area contributed by atoms with Gasteiger partial charge in [0.25, 0.3) is 0 Å². The second-order valence-electron chi connectivity index (χ2n) is 6.97.